The Balaban J connectivity index is 2.09. The zero-order valence-corrected chi connectivity index (χ0v) is 14.8. The minimum absolute atomic E-state index is 0.0519. The molecule has 10 nitrogen and oxygen atoms in total. The molecule has 1 heterocycles. The summed E-state index contributed by atoms with van der Waals surface area (Å²) in [5.74, 6) is -1.38. The molecule has 3 N–H and O–H groups in total. The van der Waals surface area contributed by atoms with E-state index in [1.807, 2.05) is 0 Å². The van der Waals surface area contributed by atoms with E-state index in [1.54, 1.807) is 25.6 Å². The highest BCUT2D eigenvalue weighted by Gasteiger charge is 2.23. The Labute approximate surface area is 149 Å². The number of hydrogen-bond acceptors (Lipinski definition) is 7. The van der Waals surface area contributed by atoms with Crippen LogP contribution >= 0.6 is 0 Å². The van der Waals surface area contributed by atoms with E-state index in [0.29, 0.717) is 11.4 Å². The molecule has 1 aromatic carbocycles. The minimum atomic E-state index is -1.10. The van der Waals surface area contributed by atoms with Crippen molar-refractivity contribution in [1.82, 2.24) is 9.78 Å². The first kappa shape index (κ1) is 18.9. The Bertz CT molecular complexity index is 889. The van der Waals surface area contributed by atoms with Crippen LogP contribution in [0.5, 0.6) is 0 Å². The lowest BCUT2D eigenvalue weighted by Crippen LogP contribution is -2.30. The van der Waals surface area contributed by atoms with Gasteiger partial charge in [0.1, 0.15) is 0 Å². The molecule has 0 spiro atoms. The van der Waals surface area contributed by atoms with Crippen LogP contribution in [0.1, 0.15) is 28.7 Å². The number of esters is 1. The van der Waals surface area contributed by atoms with Crippen LogP contribution in [0, 0.1) is 24.0 Å². The van der Waals surface area contributed by atoms with Crippen molar-refractivity contribution in [2.24, 2.45) is 7.05 Å². The number of amides is 1. The summed E-state index contributed by atoms with van der Waals surface area (Å²) in [5, 5.41) is 17.6. The summed E-state index contributed by atoms with van der Waals surface area (Å²) in [5.41, 5.74) is 7.21. The van der Waals surface area contributed by atoms with E-state index in [0.717, 1.165) is 17.8 Å². The van der Waals surface area contributed by atoms with Crippen LogP contribution in [-0.4, -0.2) is 32.7 Å². The molecule has 2 rings (SSSR count). The van der Waals surface area contributed by atoms with Crippen molar-refractivity contribution in [3.8, 4) is 0 Å². The van der Waals surface area contributed by atoms with Gasteiger partial charge in [0.2, 0.25) is 0 Å². The lowest BCUT2D eigenvalue weighted by atomic mass is 10.1. The van der Waals surface area contributed by atoms with E-state index < -0.39 is 22.9 Å². The third-order valence-electron chi connectivity index (χ3n) is 3.88. The first-order chi connectivity index (χ1) is 12.1. The maximum atomic E-state index is 12.3. The smallest absolute Gasteiger partial charge is 0.341 e. The summed E-state index contributed by atoms with van der Waals surface area (Å²) in [6.45, 7) is 4.95. The monoisotopic (exact) mass is 361 g/mol. The number of nitrogens with two attached hydrogens (primary N) is 1. The molecule has 26 heavy (non-hydrogen) atoms. The van der Waals surface area contributed by atoms with E-state index in [-0.39, 0.29) is 16.9 Å². The van der Waals surface area contributed by atoms with Crippen LogP contribution in [0.3, 0.4) is 0 Å². The van der Waals surface area contributed by atoms with Crippen LogP contribution in [-0.2, 0) is 16.6 Å². The van der Waals surface area contributed by atoms with E-state index in [9.17, 15) is 19.7 Å². The maximum Gasteiger partial charge on any atom is 0.341 e. The highest BCUT2D eigenvalue weighted by Crippen LogP contribution is 2.22. The lowest BCUT2D eigenvalue weighted by molar-refractivity contribution is -0.384. The number of rotatable bonds is 5. The number of hydrogen-bond donors (Lipinski definition) is 2. The van der Waals surface area contributed by atoms with Crippen LogP contribution in [0.25, 0.3) is 0 Å². The molecule has 1 aromatic heterocycles. The van der Waals surface area contributed by atoms with Gasteiger partial charge in [-0.3, -0.25) is 19.6 Å². The highest BCUT2D eigenvalue weighted by molar-refractivity contribution is 6.00. The second kappa shape index (κ2) is 7.21. The van der Waals surface area contributed by atoms with E-state index in [4.69, 9.17) is 10.5 Å². The molecule has 0 aliphatic heterocycles. The van der Waals surface area contributed by atoms with Gasteiger partial charge in [-0.15, -0.1) is 0 Å². The van der Waals surface area contributed by atoms with Crippen molar-refractivity contribution in [3.05, 3.63) is 45.3 Å². The molecule has 0 saturated heterocycles. The van der Waals surface area contributed by atoms with Gasteiger partial charge in [0.05, 0.1) is 33.2 Å². The molecule has 0 bridgehead atoms. The van der Waals surface area contributed by atoms with Crippen molar-refractivity contribution < 1.29 is 19.2 Å². The van der Waals surface area contributed by atoms with E-state index in [2.05, 4.69) is 10.4 Å². The van der Waals surface area contributed by atoms with Crippen LogP contribution in [0.2, 0.25) is 0 Å². The number of anilines is 2. The first-order valence-electron chi connectivity index (χ1n) is 7.67. The molecule has 0 saturated carbocycles. The predicted molar refractivity (Wildman–Crippen MR) is 93.7 cm³/mol. The number of aromatic nitrogens is 2. The Morgan fingerprint density at radius 3 is 2.54 bits per heavy atom. The number of nitro groups is 1. The van der Waals surface area contributed by atoms with Crippen LogP contribution in [0.4, 0.5) is 17.1 Å². The Morgan fingerprint density at radius 1 is 1.38 bits per heavy atom. The quantitative estimate of drug-likeness (QED) is 0.357. The van der Waals surface area contributed by atoms with Crippen molar-refractivity contribution >= 4 is 28.9 Å². The fourth-order valence-electron chi connectivity index (χ4n) is 2.31. The number of nitrogens with one attached hydrogen (secondary N) is 1. The number of nitrogens with zero attached hydrogens (tertiary/aromatic N) is 3. The van der Waals surface area contributed by atoms with Gasteiger partial charge in [0.25, 0.3) is 11.6 Å². The summed E-state index contributed by atoms with van der Waals surface area (Å²) < 4.78 is 6.73. The third kappa shape index (κ3) is 3.79. The zero-order chi connectivity index (χ0) is 19.6. The molecular weight excluding hydrogens is 342 g/mol. The van der Waals surface area contributed by atoms with Gasteiger partial charge in [0, 0.05) is 19.2 Å². The molecular formula is C16H19N5O5. The number of aryl methyl sites for hydroxylation is 2. The lowest BCUT2D eigenvalue weighted by Gasteiger charge is -2.14. The number of carbonyl (C=O) groups excluding carboxylic acids is 2. The maximum absolute atomic E-state index is 12.3. The SMILES string of the molecule is Cc1nn(C)c(C)c1NC(=O)[C@@H](C)OC(=O)c1ccc([N+](=O)[O-])cc1N. The predicted octanol–water partition coefficient (Wildman–Crippen LogP) is 1.71. The topological polar surface area (TPSA) is 142 Å². The first-order valence-corrected chi connectivity index (χ1v) is 7.67. The fraction of sp³-hybridized carbons (Fsp3) is 0.312. The van der Waals surface area contributed by atoms with Crippen molar-refractivity contribution in [3.63, 3.8) is 0 Å². The zero-order valence-electron chi connectivity index (χ0n) is 14.8. The van der Waals surface area contributed by atoms with Crippen LogP contribution in [0.15, 0.2) is 18.2 Å². The molecule has 0 radical (unpaired) electrons. The fourth-order valence-corrected chi connectivity index (χ4v) is 2.31. The average Bonchev–Trinajstić information content (AvgIpc) is 2.80. The van der Waals surface area contributed by atoms with Gasteiger partial charge in [-0.25, -0.2) is 4.79 Å². The van der Waals surface area contributed by atoms with Gasteiger partial charge in [-0.2, -0.15) is 5.10 Å². The standard InChI is InChI=1S/C16H19N5O5/c1-8-14(9(2)20(4)19-8)18-15(22)10(3)26-16(23)12-6-5-11(21(24)25)7-13(12)17/h5-7,10H,17H2,1-4H3,(H,18,22)/t10-/m1/s1. The Morgan fingerprint density at radius 2 is 2.04 bits per heavy atom. The molecule has 1 atom stereocenters. The van der Waals surface area contributed by atoms with Gasteiger partial charge >= 0.3 is 5.97 Å². The summed E-state index contributed by atoms with van der Waals surface area (Å²) in [6.07, 6.45) is -1.10. The molecule has 138 valence electrons. The highest BCUT2D eigenvalue weighted by atomic mass is 16.6. The van der Waals surface area contributed by atoms with Gasteiger partial charge in [0.15, 0.2) is 6.10 Å². The van der Waals surface area contributed by atoms with Gasteiger partial charge < -0.3 is 15.8 Å². The second-order valence-corrected chi connectivity index (χ2v) is 5.73. The summed E-state index contributed by atoms with van der Waals surface area (Å²) in [6, 6.07) is 3.39. The van der Waals surface area contributed by atoms with Crippen molar-refractivity contribution in [1.29, 1.82) is 0 Å². The summed E-state index contributed by atoms with van der Waals surface area (Å²) >= 11 is 0. The second-order valence-electron chi connectivity index (χ2n) is 5.73. The normalized spacial score (nSPS) is 11.7. The largest absolute Gasteiger partial charge is 0.449 e. The summed E-state index contributed by atoms with van der Waals surface area (Å²) in [7, 11) is 1.75. The van der Waals surface area contributed by atoms with E-state index in [1.165, 1.54) is 13.0 Å². The molecule has 0 aliphatic rings. The van der Waals surface area contributed by atoms with E-state index >= 15 is 0 Å². The molecule has 10 heteroatoms. The van der Waals surface area contributed by atoms with Crippen molar-refractivity contribution in [2.75, 3.05) is 11.1 Å². The number of carbonyl (C=O) groups is 2. The Kier molecular flexibility index (Phi) is 5.24. The number of nitro benzene ring substituents is 1. The minimum Gasteiger partial charge on any atom is -0.449 e. The third-order valence-corrected chi connectivity index (χ3v) is 3.88. The number of non-ortho nitro benzene ring substituents is 1. The molecule has 2 aromatic rings. The van der Waals surface area contributed by atoms with Crippen molar-refractivity contribution in [2.45, 2.75) is 26.9 Å². The molecule has 0 unspecified atom stereocenters. The molecule has 1 amide bonds. The number of benzene rings is 1. The Hall–Kier alpha value is -3.43. The van der Waals surface area contributed by atoms with Crippen LogP contribution < -0.4 is 11.1 Å². The van der Waals surface area contributed by atoms with Gasteiger partial charge in [-0.1, -0.05) is 0 Å². The number of ether oxygens (including phenoxy) is 1. The van der Waals surface area contributed by atoms with Gasteiger partial charge in [-0.05, 0) is 26.8 Å². The molecule has 0 fully saturated rings. The average molecular weight is 361 g/mol. The molecule has 0 aliphatic carbocycles. The number of nitrogen functional groups attached to an aromatic ring is 1. The summed E-state index contributed by atoms with van der Waals surface area (Å²) in [4.78, 5) is 34.5.